The molecule has 1 spiro atoms. The highest BCUT2D eigenvalue weighted by Gasteiger charge is 2.60. The lowest BCUT2D eigenvalue weighted by Crippen LogP contribution is -2.62. The fourth-order valence-corrected chi connectivity index (χ4v) is 8.75. The van der Waals surface area contributed by atoms with Gasteiger partial charge in [-0.2, -0.15) is 0 Å². The number of ether oxygens (including phenoxy) is 2. The average molecular weight is 497 g/mol. The minimum atomic E-state index is 0.287. The van der Waals surface area contributed by atoms with Gasteiger partial charge in [0.15, 0.2) is 0 Å². The highest BCUT2D eigenvalue weighted by molar-refractivity contribution is 5.56. The quantitative estimate of drug-likeness (QED) is 0.477. The maximum atomic E-state index is 6.30. The summed E-state index contributed by atoms with van der Waals surface area (Å²) in [6, 6.07) is 13.8. The normalized spacial score (nSPS) is 37.5. The van der Waals surface area contributed by atoms with Crippen molar-refractivity contribution in [3.8, 4) is 11.5 Å². The molecule has 3 N–H and O–H groups in total. The molecular weight excluding hydrogens is 456 g/mol. The summed E-state index contributed by atoms with van der Waals surface area (Å²) < 4.78 is 12.4. The zero-order valence-corrected chi connectivity index (χ0v) is 22.2. The third-order valence-electron chi connectivity index (χ3n) is 10.0. The number of benzene rings is 2. The van der Waals surface area contributed by atoms with Gasteiger partial charge in [0.25, 0.3) is 0 Å². The van der Waals surface area contributed by atoms with Crippen molar-refractivity contribution in [3.05, 3.63) is 83.0 Å². The van der Waals surface area contributed by atoms with Gasteiger partial charge in [0.2, 0.25) is 0 Å². The van der Waals surface area contributed by atoms with Gasteiger partial charge in [-0.3, -0.25) is 0 Å². The van der Waals surface area contributed by atoms with Crippen LogP contribution in [0.3, 0.4) is 0 Å². The molecule has 0 radical (unpaired) electrons. The van der Waals surface area contributed by atoms with Gasteiger partial charge < -0.3 is 20.5 Å². The third-order valence-corrected chi connectivity index (χ3v) is 10.0. The van der Waals surface area contributed by atoms with Crippen LogP contribution in [0.4, 0.5) is 0 Å². The Balaban J connectivity index is 0.000000114. The standard InChI is InChI=1S/C16H17NO.C15H16O.C2H7N/c1-3-10-9-12-11-4-2-6-14-16(11,7-8-17-12)15(10)13(5-1)18-14;1-9-8-10-4-2-6-12-14(10)15-11(9)5-3-7-13(15)16-12;1-2-3/h1-5,11-12,14,17H,6-9H2;2-6,9,11,13,15H,7-8H2,1H3;2-3H2,1H3/t11-,12+,14?,16+;;/m0../s1. The van der Waals surface area contributed by atoms with Crippen molar-refractivity contribution in [1.29, 1.82) is 0 Å². The van der Waals surface area contributed by atoms with Gasteiger partial charge in [-0.15, -0.1) is 0 Å². The molecule has 3 heterocycles. The van der Waals surface area contributed by atoms with Crippen molar-refractivity contribution in [3.63, 3.8) is 0 Å². The summed E-state index contributed by atoms with van der Waals surface area (Å²) in [4.78, 5) is 0. The van der Waals surface area contributed by atoms with Gasteiger partial charge in [0.05, 0.1) is 0 Å². The number of hydrogen-bond donors (Lipinski definition) is 2. The van der Waals surface area contributed by atoms with E-state index >= 15 is 0 Å². The molecule has 7 aliphatic rings. The SMILES string of the molecule is C1=C[C@H]2[C@H]3Cc4cccc5c4[C@@]2(CCN3)C(C1)O5.CC1Cc2cccc3c2C2C(CC=CC12)O3.CCN. The fraction of sp³-hybridized carbons (Fsp3) is 0.515. The minimum Gasteiger partial charge on any atom is -0.489 e. The molecule has 8 atom stereocenters. The van der Waals surface area contributed by atoms with Gasteiger partial charge in [-0.25, -0.2) is 0 Å². The number of piperidine rings is 1. The van der Waals surface area contributed by atoms with Gasteiger partial charge >= 0.3 is 0 Å². The third kappa shape index (κ3) is 3.41. The summed E-state index contributed by atoms with van der Waals surface area (Å²) in [6.07, 6.45) is 16.1. The smallest absolute Gasteiger partial charge is 0.123 e. The summed E-state index contributed by atoms with van der Waals surface area (Å²) in [5.74, 6) is 5.07. The Morgan fingerprint density at radius 2 is 1.76 bits per heavy atom. The van der Waals surface area contributed by atoms with Crippen molar-refractivity contribution in [2.45, 2.75) is 75.5 Å². The van der Waals surface area contributed by atoms with E-state index in [1.807, 2.05) is 6.92 Å². The predicted molar refractivity (Wildman–Crippen MR) is 148 cm³/mol. The van der Waals surface area contributed by atoms with Gasteiger partial charge in [0.1, 0.15) is 23.7 Å². The first-order valence-electron chi connectivity index (χ1n) is 14.5. The molecule has 0 amide bonds. The Labute approximate surface area is 221 Å². The first-order valence-corrected chi connectivity index (χ1v) is 14.5. The molecular formula is C33H40N2O2. The molecule has 5 unspecified atom stereocenters. The van der Waals surface area contributed by atoms with Crippen molar-refractivity contribution >= 4 is 0 Å². The second-order valence-electron chi connectivity index (χ2n) is 12.0. The molecule has 3 aliphatic heterocycles. The van der Waals surface area contributed by atoms with Crippen molar-refractivity contribution in [2.24, 2.45) is 23.5 Å². The van der Waals surface area contributed by atoms with Gasteiger partial charge in [-0.1, -0.05) is 62.4 Å². The van der Waals surface area contributed by atoms with Crippen LogP contribution in [0.2, 0.25) is 0 Å². The molecule has 9 rings (SSSR count). The van der Waals surface area contributed by atoms with E-state index < -0.39 is 0 Å². The molecule has 1 saturated heterocycles. The van der Waals surface area contributed by atoms with Crippen molar-refractivity contribution < 1.29 is 9.47 Å². The van der Waals surface area contributed by atoms with Crippen LogP contribution >= 0.6 is 0 Å². The van der Waals surface area contributed by atoms with Crippen LogP contribution in [0, 0.1) is 17.8 Å². The second-order valence-corrected chi connectivity index (χ2v) is 12.0. The summed E-state index contributed by atoms with van der Waals surface area (Å²) in [6.45, 7) is 6.17. The molecule has 194 valence electrons. The second kappa shape index (κ2) is 9.03. The lowest BCUT2D eigenvalue weighted by molar-refractivity contribution is 0.0565. The Morgan fingerprint density at radius 3 is 2.62 bits per heavy atom. The Kier molecular flexibility index (Phi) is 5.74. The highest BCUT2D eigenvalue weighted by atomic mass is 16.5. The Bertz CT molecular complexity index is 1250. The Hall–Kier alpha value is -2.56. The zero-order valence-electron chi connectivity index (χ0n) is 22.2. The molecule has 2 bridgehead atoms. The molecule has 1 fully saturated rings. The fourth-order valence-electron chi connectivity index (χ4n) is 8.75. The van der Waals surface area contributed by atoms with Gasteiger partial charge in [0, 0.05) is 47.3 Å². The molecule has 2 aromatic carbocycles. The van der Waals surface area contributed by atoms with E-state index in [1.54, 1.807) is 5.56 Å². The van der Waals surface area contributed by atoms with Crippen LogP contribution in [0.15, 0.2) is 60.7 Å². The lowest BCUT2D eigenvalue weighted by atomic mass is 9.54. The van der Waals surface area contributed by atoms with E-state index in [1.165, 1.54) is 35.3 Å². The van der Waals surface area contributed by atoms with Crippen LogP contribution in [-0.4, -0.2) is 31.3 Å². The molecule has 4 aliphatic carbocycles. The topological polar surface area (TPSA) is 56.5 Å². The number of rotatable bonds is 0. The highest BCUT2D eigenvalue weighted by Crippen LogP contribution is 2.59. The van der Waals surface area contributed by atoms with E-state index in [2.05, 4.69) is 72.9 Å². The summed E-state index contributed by atoms with van der Waals surface area (Å²) in [5.41, 5.74) is 11.3. The first-order chi connectivity index (χ1) is 18.2. The molecule has 37 heavy (non-hydrogen) atoms. The van der Waals surface area contributed by atoms with E-state index in [-0.39, 0.29) is 5.41 Å². The van der Waals surface area contributed by atoms with E-state index in [4.69, 9.17) is 15.2 Å². The summed E-state index contributed by atoms with van der Waals surface area (Å²) >= 11 is 0. The van der Waals surface area contributed by atoms with E-state index in [9.17, 15) is 0 Å². The first kappa shape index (κ1) is 23.5. The largest absolute Gasteiger partial charge is 0.489 e. The van der Waals surface area contributed by atoms with Crippen LogP contribution in [0.5, 0.6) is 11.5 Å². The van der Waals surface area contributed by atoms with Crippen LogP contribution in [0.1, 0.15) is 61.3 Å². The number of hydrogen-bond acceptors (Lipinski definition) is 4. The molecule has 0 aromatic heterocycles. The molecule has 0 saturated carbocycles. The maximum absolute atomic E-state index is 6.30. The number of nitrogens with one attached hydrogen (secondary N) is 1. The molecule has 4 nitrogen and oxygen atoms in total. The number of allylic oxidation sites excluding steroid dienone is 1. The predicted octanol–water partition coefficient (Wildman–Crippen LogP) is 5.44. The van der Waals surface area contributed by atoms with E-state index in [0.717, 1.165) is 44.0 Å². The van der Waals surface area contributed by atoms with E-state index in [0.29, 0.717) is 36.0 Å². The monoisotopic (exact) mass is 496 g/mol. The van der Waals surface area contributed by atoms with Gasteiger partial charge in [-0.05, 0) is 67.4 Å². The average Bonchev–Trinajstić information content (AvgIpc) is 3.44. The number of nitrogens with two attached hydrogens (primary N) is 1. The molecule has 4 heteroatoms. The minimum absolute atomic E-state index is 0.287. The van der Waals surface area contributed by atoms with Crippen molar-refractivity contribution in [2.75, 3.05) is 13.1 Å². The van der Waals surface area contributed by atoms with Crippen LogP contribution < -0.4 is 20.5 Å². The van der Waals surface area contributed by atoms with Crippen LogP contribution in [0.25, 0.3) is 0 Å². The zero-order chi connectivity index (χ0) is 25.1. The van der Waals surface area contributed by atoms with Crippen LogP contribution in [-0.2, 0) is 18.3 Å². The molecule has 2 aromatic rings. The Morgan fingerprint density at radius 1 is 0.973 bits per heavy atom. The van der Waals surface area contributed by atoms with Crippen molar-refractivity contribution in [1.82, 2.24) is 5.32 Å². The summed E-state index contributed by atoms with van der Waals surface area (Å²) in [5, 5.41) is 3.72. The summed E-state index contributed by atoms with van der Waals surface area (Å²) in [7, 11) is 0. The lowest BCUT2D eigenvalue weighted by Gasteiger charge is -2.53. The maximum Gasteiger partial charge on any atom is 0.123 e.